The third-order valence-electron chi connectivity index (χ3n) is 4.92. The maximum Gasteiger partial charge on any atom is 0.339 e. The molecule has 1 aliphatic carbocycles. The van der Waals surface area contributed by atoms with Gasteiger partial charge in [-0.15, -0.1) is 0 Å². The second-order valence-corrected chi connectivity index (χ2v) is 7.05. The molecule has 1 saturated carbocycles. The summed E-state index contributed by atoms with van der Waals surface area (Å²) in [6.45, 7) is 1.06. The highest BCUT2D eigenvalue weighted by Gasteiger charge is 2.38. The van der Waals surface area contributed by atoms with Gasteiger partial charge in [-0.05, 0) is 55.0 Å². The zero-order valence-electron chi connectivity index (χ0n) is 15.4. The van der Waals surface area contributed by atoms with Crippen molar-refractivity contribution in [3.63, 3.8) is 0 Å². The topological polar surface area (TPSA) is 83.5 Å². The molecule has 8 heteroatoms. The first-order valence-corrected chi connectivity index (χ1v) is 8.98. The van der Waals surface area contributed by atoms with Crippen LogP contribution in [-0.2, 0) is 9.59 Å². The van der Waals surface area contributed by atoms with Crippen LogP contribution in [0.15, 0.2) is 36.4 Å². The standard InChI is InChI=1S/C21H18F3NO4/c1-10(26)16(14-7-8-15(23)18(24)17(14)21(28)29)20(27)25-19(11-5-6-11)12-3-2-4-13(22)9-12/h2-4,7-9,11,16,19H,5-6H2,1H3,(H,25,27)(H,28,29)/t16?,19-/m0/s1. The lowest BCUT2D eigenvalue weighted by Crippen LogP contribution is -2.37. The first-order valence-electron chi connectivity index (χ1n) is 8.98. The van der Waals surface area contributed by atoms with Gasteiger partial charge in [0, 0.05) is 0 Å². The third-order valence-corrected chi connectivity index (χ3v) is 4.92. The van der Waals surface area contributed by atoms with Crippen LogP contribution in [0.25, 0.3) is 0 Å². The SMILES string of the molecule is CC(=O)C(C(=O)N[C@H](c1cccc(F)c1)C1CC1)c1ccc(F)c(F)c1C(=O)O. The van der Waals surface area contributed by atoms with Gasteiger partial charge in [0.1, 0.15) is 23.1 Å². The van der Waals surface area contributed by atoms with Crippen LogP contribution in [0.3, 0.4) is 0 Å². The van der Waals surface area contributed by atoms with E-state index in [4.69, 9.17) is 0 Å². The smallest absolute Gasteiger partial charge is 0.339 e. The van der Waals surface area contributed by atoms with Crippen molar-refractivity contribution in [2.45, 2.75) is 31.7 Å². The second kappa shape index (κ2) is 8.06. The van der Waals surface area contributed by atoms with Crippen molar-refractivity contribution in [2.75, 3.05) is 0 Å². The van der Waals surface area contributed by atoms with Gasteiger partial charge in [0.15, 0.2) is 11.6 Å². The fourth-order valence-corrected chi connectivity index (χ4v) is 3.41. The minimum absolute atomic E-state index is 0.0391. The summed E-state index contributed by atoms with van der Waals surface area (Å²) >= 11 is 0. The molecule has 0 aromatic heterocycles. The number of aromatic carboxylic acids is 1. The number of ketones is 1. The molecule has 2 N–H and O–H groups in total. The van der Waals surface area contributed by atoms with E-state index in [0.29, 0.717) is 11.6 Å². The van der Waals surface area contributed by atoms with Crippen molar-refractivity contribution >= 4 is 17.7 Å². The number of Topliss-reactive ketones (excluding diaryl/α,β-unsaturated/α-hetero) is 1. The predicted octanol–water partition coefficient (Wildman–Crippen LogP) is 3.74. The van der Waals surface area contributed by atoms with Crippen LogP contribution in [-0.4, -0.2) is 22.8 Å². The molecule has 152 valence electrons. The van der Waals surface area contributed by atoms with E-state index in [1.807, 2.05) is 0 Å². The summed E-state index contributed by atoms with van der Waals surface area (Å²) in [7, 11) is 0. The van der Waals surface area contributed by atoms with E-state index in [-0.39, 0.29) is 5.92 Å². The van der Waals surface area contributed by atoms with Gasteiger partial charge in [0.2, 0.25) is 5.91 Å². The van der Waals surface area contributed by atoms with Crippen molar-refractivity contribution in [1.29, 1.82) is 0 Å². The van der Waals surface area contributed by atoms with E-state index in [0.717, 1.165) is 25.8 Å². The first kappa shape index (κ1) is 20.6. The fraction of sp³-hybridized carbons (Fsp3) is 0.286. The average molecular weight is 405 g/mol. The van der Waals surface area contributed by atoms with Gasteiger partial charge in [-0.1, -0.05) is 18.2 Å². The summed E-state index contributed by atoms with van der Waals surface area (Å²) in [5.41, 5.74) is -0.990. The molecule has 3 rings (SSSR count). The van der Waals surface area contributed by atoms with Crippen LogP contribution in [0.1, 0.15) is 53.2 Å². The second-order valence-electron chi connectivity index (χ2n) is 7.05. The lowest BCUT2D eigenvalue weighted by molar-refractivity contribution is -0.130. The van der Waals surface area contributed by atoms with E-state index < -0.39 is 58.2 Å². The lowest BCUT2D eigenvalue weighted by atomic mass is 9.89. The third kappa shape index (κ3) is 4.31. The molecule has 2 atom stereocenters. The maximum absolute atomic E-state index is 14.1. The Hall–Kier alpha value is -3.16. The molecule has 1 fully saturated rings. The molecule has 0 aliphatic heterocycles. The number of carboxylic acids is 1. The zero-order chi connectivity index (χ0) is 21.3. The van der Waals surface area contributed by atoms with Crippen LogP contribution < -0.4 is 5.32 Å². The highest BCUT2D eigenvalue weighted by Crippen LogP contribution is 2.41. The summed E-state index contributed by atoms with van der Waals surface area (Å²) in [5.74, 6) is -8.51. The number of benzene rings is 2. The van der Waals surface area contributed by atoms with E-state index in [1.54, 1.807) is 6.07 Å². The Morgan fingerprint density at radius 1 is 1.10 bits per heavy atom. The Morgan fingerprint density at radius 2 is 1.79 bits per heavy atom. The number of amides is 1. The highest BCUT2D eigenvalue weighted by molar-refractivity contribution is 6.08. The molecule has 1 amide bonds. The quantitative estimate of drug-likeness (QED) is 0.688. The Balaban J connectivity index is 1.98. The molecule has 0 saturated heterocycles. The minimum Gasteiger partial charge on any atom is -0.478 e. The predicted molar refractivity (Wildman–Crippen MR) is 96.7 cm³/mol. The van der Waals surface area contributed by atoms with Crippen LogP contribution >= 0.6 is 0 Å². The van der Waals surface area contributed by atoms with Gasteiger partial charge in [-0.2, -0.15) is 0 Å². The van der Waals surface area contributed by atoms with Gasteiger partial charge in [0.05, 0.1) is 6.04 Å². The number of carbonyl (C=O) groups is 3. The molecular weight excluding hydrogens is 387 g/mol. The van der Waals surface area contributed by atoms with Crippen LogP contribution in [0, 0.1) is 23.4 Å². The van der Waals surface area contributed by atoms with Crippen molar-refractivity contribution in [1.82, 2.24) is 5.32 Å². The van der Waals surface area contributed by atoms with Crippen LogP contribution in [0.2, 0.25) is 0 Å². The molecule has 0 radical (unpaired) electrons. The van der Waals surface area contributed by atoms with E-state index in [2.05, 4.69) is 5.32 Å². The summed E-state index contributed by atoms with van der Waals surface area (Å²) in [5, 5.41) is 11.9. The number of carbonyl (C=O) groups excluding carboxylic acids is 2. The maximum atomic E-state index is 14.1. The Labute approximate surface area is 164 Å². The fourth-order valence-electron chi connectivity index (χ4n) is 3.41. The molecule has 2 aromatic carbocycles. The Morgan fingerprint density at radius 3 is 2.34 bits per heavy atom. The lowest BCUT2D eigenvalue weighted by Gasteiger charge is -2.23. The van der Waals surface area contributed by atoms with E-state index >= 15 is 0 Å². The van der Waals surface area contributed by atoms with Crippen molar-refractivity contribution in [3.8, 4) is 0 Å². The van der Waals surface area contributed by atoms with Crippen molar-refractivity contribution < 1.29 is 32.7 Å². The zero-order valence-corrected chi connectivity index (χ0v) is 15.4. The molecule has 2 aromatic rings. The Bertz CT molecular complexity index is 988. The first-order chi connectivity index (χ1) is 13.7. The van der Waals surface area contributed by atoms with Crippen molar-refractivity contribution in [3.05, 3.63) is 70.5 Å². The number of halogens is 3. The highest BCUT2D eigenvalue weighted by atomic mass is 19.2. The largest absolute Gasteiger partial charge is 0.478 e. The van der Waals surface area contributed by atoms with Crippen LogP contribution in [0.4, 0.5) is 13.2 Å². The number of hydrogen-bond acceptors (Lipinski definition) is 3. The Kier molecular flexibility index (Phi) is 5.72. The molecule has 1 unspecified atom stereocenters. The van der Waals surface area contributed by atoms with Crippen molar-refractivity contribution in [2.24, 2.45) is 5.92 Å². The van der Waals surface area contributed by atoms with Gasteiger partial charge >= 0.3 is 5.97 Å². The molecule has 29 heavy (non-hydrogen) atoms. The van der Waals surface area contributed by atoms with Gasteiger partial charge in [-0.25, -0.2) is 18.0 Å². The normalized spacial score (nSPS) is 15.4. The number of carboxylic acid groups (broad SMARTS) is 1. The summed E-state index contributed by atoms with van der Waals surface area (Å²) < 4.78 is 41.2. The summed E-state index contributed by atoms with van der Waals surface area (Å²) in [4.78, 5) is 36.6. The molecule has 0 heterocycles. The number of nitrogens with one attached hydrogen (secondary N) is 1. The van der Waals surface area contributed by atoms with E-state index in [1.165, 1.54) is 18.2 Å². The van der Waals surface area contributed by atoms with Gasteiger partial charge in [-0.3, -0.25) is 9.59 Å². The number of rotatable bonds is 7. The monoisotopic (exact) mass is 405 g/mol. The van der Waals surface area contributed by atoms with E-state index in [9.17, 15) is 32.7 Å². The minimum atomic E-state index is -1.79. The van der Waals surface area contributed by atoms with Gasteiger partial charge < -0.3 is 10.4 Å². The van der Waals surface area contributed by atoms with Crippen LogP contribution in [0.5, 0.6) is 0 Å². The summed E-state index contributed by atoms with van der Waals surface area (Å²) in [6, 6.07) is 6.66. The molecule has 0 bridgehead atoms. The summed E-state index contributed by atoms with van der Waals surface area (Å²) in [6.07, 6.45) is 1.58. The molecule has 1 aliphatic rings. The number of hydrogen-bond donors (Lipinski definition) is 2. The molecule has 0 spiro atoms. The average Bonchev–Trinajstić information content (AvgIpc) is 3.47. The molecular formula is C21H18F3NO4. The van der Waals surface area contributed by atoms with Gasteiger partial charge in [0.25, 0.3) is 0 Å². The molecule has 5 nitrogen and oxygen atoms in total.